The molecule has 1 aromatic heterocycles. The van der Waals surface area contributed by atoms with Crippen molar-refractivity contribution in [2.75, 3.05) is 0 Å². The van der Waals surface area contributed by atoms with Gasteiger partial charge in [0, 0.05) is 0 Å². The van der Waals surface area contributed by atoms with Crippen LogP contribution in [0.4, 0.5) is 0 Å². The number of rotatable bonds is 7. The Morgan fingerprint density at radius 2 is 0.975 bits per heavy atom. The van der Waals surface area contributed by atoms with E-state index < -0.39 is 0 Å². The van der Waals surface area contributed by atoms with Crippen molar-refractivity contribution in [1.29, 1.82) is 0 Å². The van der Waals surface area contributed by atoms with Crippen molar-refractivity contribution in [1.82, 2.24) is 9.13 Å². The van der Waals surface area contributed by atoms with E-state index in [0.717, 1.165) is 9.45 Å². The van der Waals surface area contributed by atoms with Crippen LogP contribution in [-0.4, -0.2) is 9.13 Å². The van der Waals surface area contributed by atoms with E-state index in [1.165, 1.54) is 33.6 Å². The number of para-hydroxylation sites is 2. The van der Waals surface area contributed by atoms with E-state index in [2.05, 4.69) is 139 Å². The molecule has 0 bridgehead atoms. The Balaban J connectivity index is 0.000000371. The summed E-state index contributed by atoms with van der Waals surface area (Å²) in [5.41, 5.74) is 9.19. The van der Waals surface area contributed by atoms with E-state index in [1.807, 2.05) is 30.3 Å². The standard InChI is InChI=1S/C27H36N2.C9H8Cl.Pd/c1-18(2)22-11-9-12-23(19(3)4)26(22)28-15-16-29(17-28)27-24(20(5)6)13-10-14-25(27)21(7)8;1-2-9(10)8-6-4-3-5-7-8;/h9-16,18-21H,1-8H3;2-7H,1H2;/q;-1;. The fraction of sp³-hybridized carbons (Fsp3) is 0.333. The van der Waals surface area contributed by atoms with Gasteiger partial charge in [-0.2, -0.15) is 0 Å². The van der Waals surface area contributed by atoms with E-state index in [-0.39, 0.29) is 0 Å². The number of halogens is 1. The number of hydrogen-bond donors (Lipinski definition) is 0. The van der Waals surface area contributed by atoms with Gasteiger partial charge in [0.25, 0.3) is 0 Å². The molecule has 0 spiro atoms. The second-order valence-electron chi connectivity index (χ2n) is 11.4. The van der Waals surface area contributed by atoms with Gasteiger partial charge in [-0.25, -0.2) is 24.6 Å². The van der Waals surface area contributed by atoms with Gasteiger partial charge in [0.05, 0.1) is 0 Å². The largest absolute Gasteiger partial charge is 0.243 e. The number of aromatic nitrogens is 2. The minimum absolute atomic E-state index is 0.458. The topological polar surface area (TPSA) is 9.86 Å². The van der Waals surface area contributed by atoms with E-state index in [0.29, 0.717) is 28.7 Å². The molecule has 1 heterocycles. The van der Waals surface area contributed by atoms with E-state index in [9.17, 15) is 0 Å². The molecule has 40 heavy (non-hydrogen) atoms. The number of imidazole rings is 1. The van der Waals surface area contributed by atoms with Crippen LogP contribution in [0.2, 0.25) is 0 Å². The van der Waals surface area contributed by atoms with Crippen molar-refractivity contribution in [3.8, 4) is 11.4 Å². The molecule has 4 heteroatoms. The number of hydrogen-bond acceptors (Lipinski definition) is 0. The van der Waals surface area contributed by atoms with Crippen molar-refractivity contribution in [3.63, 3.8) is 0 Å². The third-order valence-electron chi connectivity index (χ3n) is 7.13. The second-order valence-corrected chi connectivity index (χ2v) is 12.5. The Bertz CT molecular complexity index is 1350. The van der Waals surface area contributed by atoms with Crippen molar-refractivity contribution >= 4 is 16.6 Å². The summed E-state index contributed by atoms with van der Waals surface area (Å²) in [4.78, 5) is 0. The number of nitrogens with zero attached hydrogens (tertiary/aromatic N) is 2. The third kappa shape index (κ3) is 7.19. The summed E-state index contributed by atoms with van der Waals surface area (Å²) in [7, 11) is 0. The molecule has 4 rings (SSSR count). The maximum atomic E-state index is 5.79. The molecule has 0 saturated carbocycles. The predicted octanol–water partition coefficient (Wildman–Crippen LogP) is 10.9. The number of allylic oxidation sites excluding steroid dienone is 1. The summed E-state index contributed by atoms with van der Waals surface area (Å²) >= 11 is 9.43. The van der Waals surface area contributed by atoms with Crippen molar-refractivity contribution < 1.29 is 18.7 Å². The maximum Gasteiger partial charge on any atom is -0.0623 e. The molecule has 3 aromatic carbocycles. The van der Waals surface area contributed by atoms with Crippen LogP contribution >= 0.6 is 11.6 Å². The summed E-state index contributed by atoms with van der Waals surface area (Å²) in [6.07, 6.45) is 6.07. The molecule has 216 valence electrons. The summed E-state index contributed by atoms with van der Waals surface area (Å²) in [5.74, 6) is 1.83. The van der Waals surface area contributed by atoms with Gasteiger partial charge in [0.15, 0.2) is 0 Å². The summed E-state index contributed by atoms with van der Waals surface area (Å²) in [5, 5.41) is 0.695. The SMILES string of the molecule is CC(C)c1cccc(C(C)C)c1-n1ccn(-c2c(C(C)C)cccc2C(C)C)[c]1=[Pd].[CH2-]C=C(Cl)c1ccccc1. The van der Waals surface area contributed by atoms with Crippen molar-refractivity contribution in [2.45, 2.75) is 79.1 Å². The molecule has 0 aliphatic heterocycles. The molecule has 2 nitrogen and oxygen atoms in total. The minimum atomic E-state index is 0.458. The van der Waals surface area contributed by atoms with Crippen LogP contribution in [0, 0.1) is 10.8 Å². The Hall–Kier alpha value is -2.57. The summed E-state index contributed by atoms with van der Waals surface area (Å²) in [6.45, 7) is 21.8. The molecule has 0 unspecified atom stereocenters. The first-order chi connectivity index (χ1) is 19.0. The van der Waals surface area contributed by atoms with Crippen LogP contribution in [0.25, 0.3) is 16.4 Å². The zero-order valence-corrected chi connectivity index (χ0v) is 27.5. The molecule has 0 radical (unpaired) electrons. The van der Waals surface area contributed by atoms with Crippen LogP contribution in [0.3, 0.4) is 0 Å². The van der Waals surface area contributed by atoms with E-state index >= 15 is 0 Å². The van der Waals surface area contributed by atoms with Gasteiger partial charge in [0.2, 0.25) is 0 Å². The Morgan fingerprint density at radius 1 is 0.625 bits per heavy atom. The van der Waals surface area contributed by atoms with E-state index in [1.54, 1.807) is 6.08 Å². The van der Waals surface area contributed by atoms with Crippen LogP contribution in [0.1, 0.15) is 107 Å². The molecule has 4 aromatic rings. The first kappa shape index (κ1) is 32.0. The van der Waals surface area contributed by atoms with E-state index in [4.69, 9.17) is 11.6 Å². The van der Waals surface area contributed by atoms with Crippen LogP contribution in [-0.2, 0) is 18.7 Å². The molecule has 0 aliphatic carbocycles. The molecule has 0 N–H and O–H groups in total. The Morgan fingerprint density at radius 3 is 1.27 bits per heavy atom. The van der Waals surface area contributed by atoms with Gasteiger partial charge in [-0.3, -0.25) is 0 Å². The smallest absolute Gasteiger partial charge is 0.0623 e. The Kier molecular flexibility index (Phi) is 11.5. The van der Waals surface area contributed by atoms with Crippen molar-refractivity contribution in [3.05, 3.63) is 124 Å². The van der Waals surface area contributed by atoms with Crippen LogP contribution in [0.5, 0.6) is 0 Å². The monoisotopic (exact) mass is 645 g/mol. The molecule has 0 aliphatic rings. The quantitative estimate of drug-likeness (QED) is 0.140. The average Bonchev–Trinajstić information content (AvgIpc) is 3.32. The average molecular weight is 647 g/mol. The maximum absolute atomic E-state index is 5.79. The molecular formula is C36H44ClN2Pd-. The summed E-state index contributed by atoms with van der Waals surface area (Å²) < 4.78 is 5.78. The molecule has 0 amide bonds. The van der Waals surface area contributed by atoms with Gasteiger partial charge in [-0.1, -0.05) is 35.9 Å². The first-order valence-corrected chi connectivity index (χ1v) is 15.4. The molecule has 0 fully saturated rings. The van der Waals surface area contributed by atoms with Gasteiger partial charge in [-0.05, 0) is 0 Å². The molecule has 0 saturated heterocycles. The zero-order chi connectivity index (χ0) is 29.6. The fourth-order valence-corrected chi connectivity index (χ4v) is 5.68. The fourth-order valence-electron chi connectivity index (χ4n) is 4.98. The predicted molar refractivity (Wildman–Crippen MR) is 170 cm³/mol. The van der Waals surface area contributed by atoms with Crippen LogP contribution < -0.4 is 0 Å². The molecular weight excluding hydrogens is 602 g/mol. The molecule has 0 atom stereocenters. The second kappa shape index (κ2) is 14.4. The Labute approximate surface area is 257 Å². The van der Waals surface area contributed by atoms with Crippen molar-refractivity contribution in [2.24, 2.45) is 0 Å². The normalized spacial score (nSPS) is 11.9. The van der Waals surface area contributed by atoms with Gasteiger partial charge < -0.3 is 0 Å². The van der Waals surface area contributed by atoms with Crippen LogP contribution in [0.15, 0.2) is 85.2 Å². The van der Waals surface area contributed by atoms with Gasteiger partial charge >= 0.3 is 193 Å². The van der Waals surface area contributed by atoms with Gasteiger partial charge in [-0.15, -0.1) is 5.03 Å². The van der Waals surface area contributed by atoms with Gasteiger partial charge in [0.1, 0.15) is 0 Å². The minimum Gasteiger partial charge on any atom is -0.243 e. The first-order valence-electron chi connectivity index (χ1n) is 14.2. The number of benzene rings is 3. The summed E-state index contributed by atoms with van der Waals surface area (Å²) in [6, 6.07) is 23.2. The third-order valence-corrected chi connectivity index (χ3v) is 8.25. The zero-order valence-electron chi connectivity index (χ0n) is 25.2.